The summed E-state index contributed by atoms with van der Waals surface area (Å²) < 4.78 is 4.86. The monoisotopic (exact) mass is 365 g/mol. The minimum atomic E-state index is -0.312. The van der Waals surface area contributed by atoms with Crippen LogP contribution in [0.5, 0.6) is 0 Å². The van der Waals surface area contributed by atoms with Gasteiger partial charge in [-0.25, -0.2) is 4.79 Å². The van der Waals surface area contributed by atoms with E-state index in [2.05, 4.69) is 46.3 Å². The lowest BCUT2D eigenvalue weighted by atomic mass is 10.2. The van der Waals surface area contributed by atoms with Crippen molar-refractivity contribution in [2.24, 2.45) is 0 Å². The molecule has 0 spiro atoms. The quantitative estimate of drug-likeness (QED) is 0.536. The summed E-state index contributed by atoms with van der Waals surface area (Å²) in [5.74, 6) is 1.17. The lowest BCUT2D eigenvalue weighted by Crippen LogP contribution is -2.47. The van der Waals surface area contributed by atoms with Crippen molar-refractivity contribution < 1.29 is 9.53 Å². The molecule has 1 amide bonds. The molecule has 0 radical (unpaired) electrons. The third-order valence-electron chi connectivity index (χ3n) is 4.24. The van der Waals surface area contributed by atoms with Gasteiger partial charge < -0.3 is 15.0 Å². The third kappa shape index (κ3) is 6.78. The molecule has 6 heteroatoms. The van der Waals surface area contributed by atoms with E-state index in [4.69, 9.17) is 4.74 Å². The van der Waals surface area contributed by atoms with E-state index in [1.54, 1.807) is 0 Å². The number of benzene rings is 1. The van der Waals surface area contributed by atoms with Crippen LogP contribution in [0.25, 0.3) is 0 Å². The van der Waals surface area contributed by atoms with Crippen molar-refractivity contribution in [1.29, 1.82) is 0 Å². The fourth-order valence-electron chi connectivity index (χ4n) is 2.94. The van der Waals surface area contributed by atoms with E-state index >= 15 is 0 Å². The zero-order valence-corrected chi connectivity index (χ0v) is 16.3. The number of nitrogens with zero attached hydrogens (tertiary/aromatic N) is 2. The van der Waals surface area contributed by atoms with Crippen molar-refractivity contribution >= 4 is 23.5 Å². The Balaban J connectivity index is 1.72. The summed E-state index contributed by atoms with van der Waals surface area (Å²) in [7, 11) is 0. The van der Waals surface area contributed by atoms with Crippen LogP contribution in [-0.4, -0.2) is 62.6 Å². The Bertz CT molecular complexity index is 519. The second-order valence-corrected chi connectivity index (χ2v) is 7.28. The molecule has 0 atom stereocenters. The van der Waals surface area contributed by atoms with Crippen molar-refractivity contribution in [1.82, 2.24) is 10.2 Å². The number of amides is 1. The van der Waals surface area contributed by atoms with E-state index in [1.807, 2.05) is 18.7 Å². The maximum absolute atomic E-state index is 11.2. The van der Waals surface area contributed by atoms with Crippen LogP contribution in [0, 0.1) is 0 Å². The Hall–Kier alpha value is -1.40. The van der Waals surface area contributed by atoms with E-state index in [1.165, 1.54) is 22.8 Å². The molecule has 1 aliphatic rings. The number of carbonyl (C=O) groups is 1. The highest BCUT2D eigenvalue weighted by Gasteiger charge is 2.18. The molecule has 1 saturated heterocycles. The molecule has 0 unspecified atom stereocenters. The van der Waals surface area contributed by atoms with E-state index < -0.39 is 0 Å². The van der Waals surface area contributed by atoms with Gasteiger partial charge in [0, 0.05) is 37.6 Å². The topological polar surface area (TPSA) is 44.8 Å². The molecule has 0 aliphatic carbocycles. The molecule has 1 aromatic rings. The molecule has 140 valence electrons. The number of ether oxygens (including phenoxy) is 1. The van der Waals surface area contributed by atoms with Crippen molar-refractivity contribution in [2.75, 3.05) is 56.5 Å². The first kappa shape index (κ1) is 19.9. The summed E-state index contributed by atoms with van der Waals surface area (Å²) in [6.45, 7) is 10.4. The summed E-state index contributed by atoms with van der Waals surface area (Å²) in [6.07, 6.45) is 1.85. The second-order valence-electron chi connectivity index (χ2n) is 6.15. The first-order valence-electron chi connectivity index (χ1n) is 9.34. The number of alkyl carbamates (subject to hydrolysis) is 1. The normalized spacial score (nSPS) is 15.2. The predicted molar refractivity (Wildman–Crippen MR) is 106 cm³/mol. The molecule has 25 heavy (non-hydrogen) atoms. The number of thioether (sulfide) groups is 1. The van der Waals surface area contributed by atoms with E-state index in [0.717, 1.165) is 39.1 Å². The molecule has 0 bridgehead atoms. The standard InChI is InChI=1S/C19H31N3O2S/c1-3-16-25-18-9-6-5-8-17(18)22-14-12-21(13-15-22)11-7-10-20-19(23)24-4-2/h5-6,8-9H,3-4,7,10-16H2,1-2H3,(H,20,23). The predicted octanol–water partition coefficient (Wildman–Crippen LogP) is 3.45. The fraction of sp³-hybridized carbons (Fsp3) is 0.632. The van der Waals surface area contributed by atoms with Crippen LogP contribution in [0.1, 0.15) is 26.7 Å². The Morgan fingerprint density at radius 2 is 1.96 bits per heavy atom. The molecule has 1 heterocycles. The maximum atomic E-state index is 11.2. The fourth-order valence-corrected chi connectivity index (χ4v) is 3.88. The Kier molecular flexibility index (Phi) is 8.97. The van der Waals surface area contributed by atoms with Crippen LogP contribution in [0.4, 0.5) is 10.5 Å². The number of rotatable bonds is 9. The van der Waals surface area contributed by atoms with Gasteiger partial charge in [-0.3, -0.25) is 4.90 Å². The van der Waals surface area contributed by atoms with E-state index in [0.29, 0.717) is 13.2 Å². The molecule has 0 aromatic heterocycles. The Morgan fingerprint density at radius 3 is 2.68 bits per heavy atom. The minimum Gasteiger partial charge on any atom is -0.450 e. The minimum absolute atomic E-state index is 0.312. The van der Waals surface area contributed by atoms with Gasteiger partial charge in [0.2, 0.25) is 0 Å². The van der Waals surface area contributed by atoms with E-state index in [-0.39, 0.29) is 6.09 Å². The summed E-state index contributed by atoms with van der Waals surface area (Å²) in [6, 6.07) is 8.76. The average molecular weight is 366 g/mol. The number of hydrogen-bond acceptors (Lipinski definition) is 5. The van der Waals surface area contributed by atoms with Crippen molar-refractivity contribution in [3.63, 3.8) is 0 Å². The zero-order valence-electron chi connectivity index (χ0n) is 15.5. The molecule has 0 saturated carbocycles. The number of carbonyl (C=O) groups excluding carboxylic acids is 1. The molecule has 1 aromatic carbocycles. The van der Waals surface area contributed by atoms with E-state index in [9.17, 15) is 4.79 Å². The summed E-state index contributed by atoms with van der Waals surface area (Å²) >= 11 is 1.96. The number of anilines is 1. The van der Waals surface area contributed by atoms with Gasteiger partial charge in [0.1, 0.15) is 0 Å². The molecule has 1 aliphatic heterocycles. The van der Waals surface area contributed by atoms with Crippen LogP contribution in [0.3, 0.4) is 0 Å². The van der Waals surface area contributed by atoms with Gasteiger partial charge in [-0.15, -0.1) is 11.8 Å². The van der Waals surface area contributed by atoms with Crippen LogP contribution in [0.2, 0.25) is 0 Å². The van der Waals surface area contributed by atoms with Crippen LogP contribution in [-0.2, 0) is 4.74 Å². The average Bonchev–Trinajstić information content (AvgIpc) is 2.64. The lowest BCUT2D eigenvalue weighted by molar-refractivity contribution is 0.151. The second kappa shape index (κ2) is 11.3. The highest BCUT2D eigenvalue weighted by molar-refractivity contribution is 7.99. The summed E-state index contributed by atoms with van der Waals surface area (Å²) in [5, 5.41) is 2.78. The van der Waals surface area contributed by atoms with Crippen molar-refractivity contribution in [3.8, 4) is 0 Å². The number of piperazine rings is 1. The largest absolute Gasteiger partial charge is 0.450 e. The van der Waals surface area contributed by atoms with Gasteiger partial charge in [-0.2, -0.15) is 0 Å². The molecular formula is C19H31N3O2S. The van der Waals surface area contributed by atoms with Gasteiger partial charge >= 0.3 is 6.09 Å². The molecular weight excluding hydrogens is 334 g/mol. The molecule has 1 N–H and O–H groups in total. The van der Waals surface area contributed by atoms with Crippen molar-refractivity contribution in [2.45, 2.75) is 31.6 Å². The first-order chi connectivity index (χ1) is 12.2. The first-order valence-corrected chi connectivity index (χ1v) is 10.3. The maximum Gasteiger partial charge on any atom is 0.407 e. The van der Waals surface area contributed by atoms with Crippen LogP contribution < -0.4 is 10.2 Å². The lowest BCUT2D eigenvalue weighted by Gasteiger charge is -2.37. The Labute approximate surface area is 156 Å². The Morgan fingerprint density at radius 1 is 1.20 bits per heavy atom. The number of para-hydroxylation sites is 1. The van der Waals surface area contributed by atoms with Crippen LogP contribution >= 0.6 is 11.8 Å². The van der Waals surface area contributed by atoms with Gasteiger partial charge in [-0.05, 0) is 44.2 Å². The summed E-state index contributed by atoms with van der Waals surface area (Å²) in [4.78, 5) is 17.6. The smallest absolute Gasteiger partial charge is 0.407 e. The van der Waals surface area contributed by atoms with Crippen molar-refractivity contribution in [3.05, 3.63) is 24.3 Å². The molecule has 2 rings (SSSR count). The third-order valence-corrected chi connectivity index (χ3v) is 5.50. The summed E-state index contributed by atoms with van der Waals surface area (Å²) in [5.41, 5.74) is 1.38. The number of hydrogen-bond donors (Lipinski definition) is 1. The number of nitrogens with one attached hydrogen (secondary N) is 1. The molecule has 1 fully saturated rings. The van der Waals surface area contributed by atoms with Gasteiger partial charge in [-0.1, -0.05) is 19.1 Å². The van der Waals surface area contributed by atoms with Gasteiger partial charge in [0.15, 0.2) is 0 Å². The van der Waals surface area contributed by atoms with Gasteiger partial charge in [0.25, 0.3) is 0 Å². The SMILES string of the molecule is CCCSc1ccccc1N1CCN(CCCNC(=O)OCC)CC1. The highest BCUT2D eigenvalue weighted by atomic mass is 32.2. The highest BCUT2D eigenvalue weighted by Crippen LogP contribution is 2.31. The molecule has 5 nitrogen and oxygen atoms in total. The van der Waals surface area contributed by atoms with Gasteiger partial charge in [0.05, 0.1) is 12.3 Å². The zero-order chi connectivity index (χ0) is 17.9. The van der Waals surface area contributed by atoms with Crippen LogP contribution in [0.15, 0.2) is 29.2 Å².